The summed E-state index contributed by atoms with van der Waals surface area (Å²) in [5.74, 6) is 2.78. The maximum Gasteiger partial charge on any atom is 0.191 e. The number of anilines is 1. The van der Waals surface area contributed by atoms with E-state index in [2.05, 4.69) is 39.6 Å². The summed E-state index contributed by atoms with van der Waals surface area (Å²) in [7, 11) is 0. The van der Waals surface area contributed by atoms with Crippen LogP contribution in [0.3, 0.4) is 0 Å². The van der Waals surface area contributed by atoms with Gasteiger partial charge in [-0.25, -0.2) is 4.98 Å². The van der Waals surface area contributed by atoms with Crippen molar-refractivity contribution in [3.05, 3.63) is 24.4 Å². The molecule has 5 rings (SSSR count). The van der Waals surface area contributed by atoms with Crippen LogP contribution < -0.4 is 15.5 Å². The lowest BCUT2D eigenvalue weighted by molar-refractivity contribution is -0.125. The van der Waals surface area contributed by atoms with Crippen molar-refractivity contribution in [3.8, 4) is 0 Å². The summed E-state index contributed by atoms with van der Waals surface area (Å²) in [6.07, 6.45) is 11.1. The molecule has 4 fully saturated rings. The van der Waals surface area contributed by atoms with E-state index in [4.69, 9.17) is 9.73 Å². The van der Waals surface area contributed by atoms with Crippen molar-refractivity contribution in [2.45, 2.75) is 70.1 Å². The topological polar surface area (TPSA) is 61.8 Å². The third-order valence-corrected chi connectivity index (χ3v) is 7.70. The van der Waals surface area contributed by atoms with Gasteiger partial charge in [0.1, 0.15) is 5.82 Å². The van der Waals surface area contributed by atoms with Crippen LogP contribution in [0.2, 0.25) is 0 Å². The number of hydrogen-bond donors (Lipinski definition) is 2. The summed E-state index contributed by atoms with van der Waals surface area (Å²) in [5, 5.41) is 7.65. The zero-order valence-corrected chi connectivity index (χ0v) is 17.6. The third kappa shape index (κ3) is 3.49. The molecule has 2 aliphatic heterocycles. The summed E-state index contributed by atoms with van der Waals surface area (Å²) >= 11 is 0. The number of pyridine rings is 1. The largest absolute Gasteiger partial charge is 0.377 e. The Kier molecular flexibility index (Phi) is 5.37. The van der Waals surface area contributed by atoms with Crippen molar-refractivity contribution in [1.29, 1.82) is 0 Å². The summed E-state index contributed by atoms with van der Waals surface area (Å²) in [5.41, 5.74) is 0.361. The lowest BCUT2D eigenvalue weighted by Gasteiger charge is -2.57. The van der Waals surface area contributed by atoms with Gasteiger partial charge in [0.25, 0.3) is 0 Å². The van der Waals surface area contributed by atoms with Gasteiger partial charge in [0.15, 0.2) is 5.96 Å². The maximum absolute atomic E-state index is 6.15. The minimum absolute atomic E-state index is 0.361. The molecule has 4 aliphatic rings. The zero-order chi connectivity index (χ0) is 19.7. The molecule has 3 atom stereocenters. The van der Waals surface area contributed by atoms with Crippen LogP contribution in [0, 0.1) is 11.3 Å². The standard InChI is InChI=1S/C23H35N5O/c1-2-24-22(26-17-8-14-28(15-9-17)19-7-3-6-13-25-19)27-20-18-10-16-29-21(18)23(20)11-4-5-12-23/h3,6-7,13,17-18,20-21H,2,4-5,8-12,14-16H2,1H3,(H2,24,26,27). The van der Waals surface area contributed by atoms with Gasteiger partial charge in [0, 0.05) is 55.9 Å². The first-order valence-electron chi connectivity index (χ1n) is 11.7. The number of nitrogens with zero attached hydrogens (tertiary/aromatic N) is 3. The molecule has 2 N–H and O–H groups in total. The lowest BCUT2D eigenvalue weighted by atomic mass is 9.54. The van der Waals surface area contributed by atoms with Crippen LogP contribution in [0.4, 0.5) is 5.82 Å². The van der Waals surface area contributed by atoms with Crippen molar-refractivity contribution in [1.82, 2.24) is 15.6 Å². The molecule has 158 valence electrons. The molecule has 0 bridgehead atoms. The molecule has 1 aromatic rings. The normalized spacial score (nSPS) is 31.6. The van der Waals surface area contributed by atoms with E-state index >= 15 is 0 Å². The second-order valence-corrected chi connectivity index (χ2v) is 9.22. The number of guanidine groups is 1. The highest BCUT2D eigenvalue weighted by atomic mass is 16.5. The molecule has 1 aromatic heterocycles. The second-order valence-electron chi connectivity index (χ2n) is 9.22. The maximum atomic E-state index is 6.15. The Morgan fingerprint density at radius 2 is 2.03 bits per heavy atom. The minimum atomic E-state index is 0.361. The molecule has 0 amide bonds. The molecule has 1 spiro atoms. The zero-order valence-electron chi connectivity index (χ0n) is 17.6. The van der Waals surface area contributed by atoms with Gasteiger partial charge in [-0.3, -0.25) is 4.99 Å². The second kappa shape index (κ2) is 8.13. The van der Waals surface area contributed by atoms with Gasteiger partial charge in [0.2, 0.25) is 0 Å². The van der Waals surface area contributed by atoms with E-state index in [1.807, 2.05) is 12.3 Å². The van der Waals surface area contributed by atoms with E-state index in [0.29, 0.717) is 29.5 Å². The number of piperidine rings is 1. The quantitative estimate of drug-likeness (QED) is 0.604. The van der Waals surface area contributed by atoms with Gasteiger partial charge >= 0.3 is 0 Å². The Labute approximate surface area is 174 Å². The number of aromatic nitrogens is 1. The molecular formula is C23H35N5O. The SMILES string of the molecule is CCN=C(NC1CCN(c2ccccn2)CC1)NC1C2CCOC2C12CCCC2. The average molecular weight is 398 g/mol. The Bertz CT molecular complexity index is 709. The van der Waals surface area contributed by atoms with Crippen molar-refractivity contribution in [3.63, 3.8) is 0 Å². The number of hydrogen-bond acceptors (Lipinski definition) is 4. The van der Waals surface area contributed by atoms with Crippen LogP contribution >= 0.6 is 0 Å². The summed E-state index contributed by atoms with van der Waals surface area (Å²) in [6.45, 7) is 5.96. The Morgan fingerprint density at radius 3 is 2.76 bits per heavy atom. The monoisotopic (exact) mass is 397 g/mol. The number of fused-ring (bicyclic) bond motifs is 2. The Balaban J connectivity index is 1.20. The molecule has 0 aromatic carbocycles. The van der Waals surface area contributed by atoms with E-state index in [1.165, 1.54) is 32.1 Å². The van der Waals surface area contributed by atoms with E-state index in [0.717, 1.165) is 50.9 Å². The number of aliphatic imine (C=N–C) groups is 1. The fourth-order valence-electron chi connectivity index (χ4n) is 6.33. The number of rotatable bonds is 4. The van der Waals surface area contributed by atoms with Crippen LogP contribution in [0.25, 0.3) is 0 Å². The van der Waals surface area contributed by atoms with Crippen LogP contribution in [-0.4, -0.2) is 55.4 Å². The first kappa shape index (κ1) is 19.2. The molecule has 29 heavy (non-hydrogen) atoms. The Hall–Kier alpha value is -1.82. The molecular weight excluding hydrogens is 362 g/mol. The van der Waals surface area contributed by atoms with Gasteiger partial charge in [-0.05, 0) is 51.2 Å². The number of nitrogens with one attached hydrogen (secondary N) is 2. The van der Waals surface area contributed by atoms with Crippen LogP contribution in [0.1, 0.15) is 51.9 Å². The van der Waals surface area contributed by atoms with Crippen molar-refractivity contribution in [2.24, 2.45) is 16.3 Å². The minimum Gasteiger partial charge on any atom is -0.377 e. The van der Waals surface area contributed by atoms with Crippen LogP contribution in [0.15, 0.2) is 29.4 Å². The van der Waals surface area contributed by atoms with Crippen LogP contribution in [0.5, 0.6) is 0 Å². The van der Waals surface area contributed by atoms with Crippen molar-refractivity contribution in [2.75, 3.05) is 31.1 Å². The highest BCUT2D eigenvalue weighted by Crippen LogP contribution is 2.60. The molecule has 2 aliphatic carbocycles. The predicted molar refractivity (Wildman–Crippen MR) is 116 cm³/mol. The predicted octanol–water partition coefficient (Wildman–Crippen LogP) is 2.95. The van der Waals surface area contributed by atoms with E-state index in [-0.39, 0.29) is 0 Å². The van der Waals surface area contributed by atoms with Gasteiger partial charge < -0.3 is 20.3 Å². The van der Waals surface area contributed by atoms with Crippen molar-refractivity contribution >= 4 is 11.8 Å². The molecule has 2 saturated heterocycles. The van der Waals surface area contributed by atoms with Crippen molar-refractivity contribution < 1.29 is 4.74 Å². The third-order valence-electron chi connectivity index (χ3n) is 7.70. The molecule has 3 heterocycles. The molecule has 6 nitrogen and oxygen atoms in total. The Morgan fingerprint density at radius 1 is 1.21 bits per heavy atom. The first-order chi connectivity index (χ1) is 14.3. The van der Waals surface area contributed by atoms with Gasteiger partial charge in [-0.1, -0.05) is 18.9 Å². The molecule has 2 saturated carbocycles. The summed E-state index contributed by atoms with van der Waals surface area (Å²) < 4.78 is 6.15. The van der Waals surface area contributed by atoms with E-state index < -0.39 is 0 Å². The highest BCUT2D eigenvalue weighted by molar-refractivity contribution is 5.81. The molecule has 6 heteroatoms. The summed E-state index contributed by atoms with van der Waals surface area (Å²) in [4.78, 5) is 11.7. The fourth-order valence-corrected chi connectivity index (χ4v) is 6.33. The van der Waals surface area contributed by atoms with Gasteiger partial charge in [-0.15, -0.1) is 0 Å². The summed E-state index contributed by atoms with van der Waals surface area (Å²) in [6, 6.07) is 7.16. The average Bonchev–Trinajstić information content (AvgIpc) is 3.42. The molecule has 3 unspecified atom stereocenters. The van der Waals surface area contributed by atoms with E-state index in [9.17, 15) is 0 Å². The van der Waals surface area contributed by atoms with E-state index in [1.54, 1.807) is 0 Å². The van der Waals surface area contributed by atoms with Gasteiger partial charge in [-0.2, -0.15) is 0 Å². The first-order valence-corrected chi connectivity index (χ1v) is 11.7. The smallest absolute Gasteiger partial charge is 0.191 e. The van der Waals surface area contributed by atoms with Crippen LogP contribution in [-0.2, 0) is 4.74 Å². The molecule has 0 radical (unpaired) electrons. The highest BCUT2D eigenvalue weighted by Gasteiger charge is 2.65. The lowest BCUT2D eigenvalue weighted by Crippen LogP contribution is -2.69. The fraction of sp³-hybridized carbons (Fsp3) is 0.739. The number of ether oxygens (including phenoxy) is 1. The van der Waals surface area contributed by atoms with Gasteiger partial charge in [0.05, 0.1) is 6.10 Å².